The van der Waals surface area contributed by atoms with E-state index in [1.54, 1.807) is 37.8 Å². The van der Waals surface area contributed by atoms with Gasteiger partial charge in [-0.3, -0.25) is 14.4 Å². The highest BCUT2D eigenvalue weighted by Crippen LogP contribution is 2.49. The van der Waals surface area contributed by atoms with Crippen LogP contribution in [0.4, 0.5) is 14.6 Å². The van der Waals surface area contributed by atoms with Crippen LogP contribution in [0.15, 0.2) is 30.5 Å². The molecule has 3 aliphatic heterocycles. The smallest absolute Gasteiger partial charge is 0.319 e. The van der Waals surface area contributed by atoms with Gasteiger partial charge in [-0.1, -0.05) is 12.0 Å². The van der Waals surface area contributed by atoms with Crippen LogP contribution < -0.4 is 9.64 Å². The predicted octanol–water partition coefficient (Wildman–Crippen LogP) is 5.17. The lowest BCUT2D eigenvalue weighted by Gasteiger charge is -2.42. The van der Waals surface area contributed by atoms with Gasteiger partial charge >= 0.3 is 6.01 Å². The summed E-state index contributed by atoms with van der Waals surface area (Å²) in [6, 6.07) is 6.03. The summed E-state index contributed by atoms with van der Waals surface area (Å²) in [5, 5.41) is 17.6. The van der Waals surface area contributed by atoms with Gasteiger partial charge < -0.3 is 29.3 Å². The first-order chi connectivity index (χ1) is 27.5. The zero-order chi connectivity index (χ0) is 39.7. The van der Waals surface area contributed by atoms with Crippen LogP contribution in [0, 0.1) is 35.3 Å². The van der Waals surface area contributed by atoms with Crippen LogP contribution in [0.3, 0.4) is 0 Å². The van der Waals surface area contributed by atoms with Crippen molar-refractivity contribution in [1.29, 1.82) is 0 Å². The zero-order valence-electron chi connectivity index (χ0n) is 32.9. The highest BCUT2D eigenvalue weighted by atomic mass is 19.1. The minimum atomic E-state index is -0.687. The Labute approximate surface area is 330 Å². The first-order valence-corrected chi connectivity index (χ1v) is 19.8. The van der Waals surface area contributed by atoms with E-state index in [2.05, 4.69) is 20.6 Å². The van der Waals surface area contributed by atoms with Crippen molar-refractivity contribution in [1.82, 2.24) is 34.4 Å². The van der Waals surface area contributed by atoms with Gasteiger partial charge in [0.1, 0.15) is 28.4 Å². The molecular formula is C43H48F2N8O4. The summed E-state index contributed by atoms with van der Waals surface area (Å²) in [6.45, 7) is 5.90. The molecule has 0 radical (unpaired) electrons. The molecule has 0 spiro atoms. The number of aromatic hydroxyl groups is 1. The lowest BCUT2D eigenvalue weighted by atomic mass is 9.91. The number of phenols is 1. The molecule has 4 aliphatic rings. The molecule has 4 fully saturated rings. The molecule has 5 aromatic rings. The van der Waals surface area contributed by atoms with Crippen molar-refractivity contribution in [2.75, 3.05) is 78.6 Å². The van der Waals surface area contributed by atoms with E-state index < -0.39 is 11.6 Å². The van der Waals surface area contributed by atoms with E-state index in [9.17, 15) is 9.90 Å². The minimum Gasteiger partial charge on any atom is -0.508 e. The third-order valence-electron chi connectivity index (χ3n) is 12.5. The summed E-state index contributed by atoms with van der Waals surface area (Å²) < 4.78 is 46.6. The van der Waals surface area contributed by atoms with Crippen LogP contribution in [0.25, 0.3) is 43.7 Å². The van der Waals surface area contributed by atoms with Crippen molar-refractivity contribution in [2.45, 2.75) is 44.2 Å². The molecule has 5 heterocycles. The van der Waals surface area contributed by atoms with Crippen molar-refractivity contribution in [3.05, 3.63) is 47.7 Å². The molecule has 1 amide bonds. The Bertz CT molecular complexity index is 2440. The van der Waals surface area contributed by atoms with Crippen LogP contribution in [0.5, 0.6) is 11.8 Å². The summed E-state index contributed by atoms with van der Waals surface area (Å²) in [7, 11) is 7.07. The maximum absolute atomic E-state index is 17.8. The fraction of sp³-hybridized carbons (Fsp3) is 0.488. The zero-order valence-corrected chi connectivity index (χ0v) is 32.9. The molecule has 57 heavy (non-hydrogen) atoms. The van der Waals surface area contributed by atoms with Gasteiger partial charge in [-0.05, 0) is 61.3 Å². The molecule has 2 bridgehead atoms. The maximum atomic E-state index is 17.8. The molecule has 12 nitrogen and oxygen atoms in total. The van der Waals surface area contributed by atoms with Gasteiger partial charge in [-0.25, -0.2) is 8.78 Å². The van der Waals surface area contributed by atoms with Gasteiger partial charge in [0, 0.05) is 114 Å². The van der Waals surface area contributed by atoms with Crippen LogP contribution in [-0.4, -0.2) is 131 Å². The second kappa shape index (κ2) is 14.4. The Morgan fingerprint density at radius 2 is 1.81 bits per heavy atom. The summed E-state index contributed by atoms with van der Waals surface area (Å²) in [4.78, 5) is 31.2. The lowest BCUT2D eigenvalue weighted by Crippen LogP contribution is -2.55. The van der Waals surface area contributed by atoms with E-state index in [1.807, 2.05) is 6.20 Å². The number of terminal acetylenes is 1. The van der Waals surface area contributed by atoms with Crippen LogP contribution in [0.1, 0.15) is 37.7 Å². The van der Waals surface area contributed by atoms with Crippen LogP contribution in [0.2, 0.25) is 0 Å². The number of phenolic OH excluding ortho intramolecular Hbond substituents is 1. The number of carbonyl (C=O) groups excluding carboxylic acids is 1. The number of hydrogen-bond donors (Lipinski definition) is 1. The number of anilines is 1. The Morgan fingerprint density at radius 1 is 1.05 bits per heavy atom. The van der Waals surface area contributed by atoms with E-state index >= 15 is 8.78 Å². The fourth-order valence-corrected chi connectivity index (χ4v) is 9.56. The lowest BCUT2D eigenvalue weighted by molar-refractivity contribution is -0.138. The molecule has 1 aliphatic carbocycles. The normalized spacial score (nSPS) is 20.7. The second-order valence-electron chi connectivity index (χ2n) is 16.8. The third-order valence-corrected chi connectivity index (χ3v) is 12.5. The van der Waals surface area contributed by atoms with Gasteiger partial charge in [0.25, 0.3) is 0 Å². The molecule has 2 unspecified atom stereocenters. The quantitative estimate of drug-likeness (QED) is 0.135. The van der Waals surface area contributed by atoms with Crippen molar-refractivity contribution in [2.24, 2.45) is 18.4 Å². The molecule has 3 aromatic carbocycles. The Balaban J connectivity index is 1.16. The molecule has 1 saturated carbocycles. The number of aryl methyl sites for hydroxylation is 1. The van der Waals surface area contributed by atoms with E-state index in [1.165, 1.54) is 24.3 Å². The first kappa shape index (κ1) is 37.5. The molecular weight excluding hydrogens is 731 g/mol. The topological polar surface area (TPSA) is 112 Å². The van der Waals surface area contributed by atoms with Crippen LogP contribution >= 0.6 is 0 Å². The predicted molar refractivity (Wildman–Crippen MR) is 214 cm³/mol. The summed E-state index contributed by atoms with van der Waals surface area (Å²) in [6.07, 6.45) is 12.5. The standard InChI is InChI=1S/C43H48F2N8O4/c1-6-30-33(44)11-8-25-16-29(54)17-31(34(25)30)35-37(45)39-36(32-22-50(4)48-38(32)35)40(53-27-9-10-28(53)21-51(20-27)14-7-15-56-5)47-42(46-39)57-24-43(12-13-43)23-52-18-26(19-52)41(55)49(2)3/h1,8,11,16-17,22,26-28,54H,7,9-10,12-15,18-21,23-24H2,2-5H3. The van der Waals surface area contributed by atoms with E-state index in [-0.39, 0.29) is 63.3 Å². The average molecular weight is 779 g/mol. The van der Waals surface area contributed by atoms with E-state index in [4.69, 9.17) is 31.0 Å². The van der Waals surface area contributed by atoms with Crippen molar-refractivity contribution >= 4 is 44.3 Å². The Morgan fingerprint density at radius 3 is 2.49 bits per heavy atom. The monoisotopic (exact) mass is 778 g/mol. The number of methoxy groups -OCH3 is 1. The summed E-state index contributed by atoms with van der Waals surface area (Å²) in [5.74, 6) is 1.79. The molecule has 2 aromatic heterocycles. The van der Waals surface area contributed by atoms with Gasteiger partial charge in [0.15, 0.2) is 5.82 Å². The first-order valence-electron chi connectivity index (χ1n) is 19.8. The average Bonchev–Trinajstić information content (AvgIpc) is 3.75. The van der Waals surface area contributed by atoms with Gasteiger partial charge in [0.2, 0.25) is 5.91 Å². The summed E-state index contributed by atoms with van der Waals surface area (Å²) in [5.41, 5.74) is 0.507. The number of aromatic nitrogens is 4. The Kier molecular flexibility index (Phi) is 9.45. The SMILES string of the molecule is C#Cc1c(F)ccc2cc(O)cc(-c3c(F)c4nc(OCC5(CN6CC(C(=O)N(C)C)C6)CC5)nc(N5C6CCC5CN(CCCOC)C6)c4c4cn(C)nc34)c12. The number of benzene rings is 3. The maximum Gasteiger partial charge on any atom is 0.319 e. The number of piperazine rings is 1. The number of hydrogen-bond acceptors (Lipinski definition) is 10. The van der Waals surface area contributed by atoms with Crippen molar-refractivity contribution in [3.8, 4) is 35.2 Å². The third kappa shape index (κ3) is 6.59. The van der Waals surface area contributed by atoms with E-state index in [0.29, 0.717) is 46.1 Å². The number of rotatable bonds is 12. The number of fused-ring (bicyclic) bond motifs is 6. The molecule has 3 saturated heterocycles. The van der Waals surface area contributed by atoms with Gasteiger partial charge in [-0.15, -0.1) is 6.42 Å². The highest BCUT2D eigenvalue weighted by molar-refractivity contribution is 6.18. The number of likely N-dealkylation sites (tertiary alicyclic amines) is 2. The number of amides is 1. The number of carbonyl (C=O) groups is 1. The molecule has 14 heteroatoms. The summed E-state index contributed by atoms with van der Waals surface area (Å²) >= 11 is 0. The second-order valence-corrected chi connectivity index (χ2v) is 16.8. The number of halogens is 2. The fourth-order valence-electron chi connectivity index (χ4n) is 9.56. The van der Waals surface area contributed by atoms with Crippen LogP contribution in [-0.2, 0) is 16.6 Å². The highest BCUT2D eigenvalue weighted by Gasteiger charge is 2.48. The van der Waals surface area contributed by atoms with Crippen molar-refractivity contribution in [3.63, 3.8) is 0 Å². The largest absolute Gasteiger partial charge is 0.508 e. The minimum absolute atomic E-state index is 0.0113. The molecule has 2 atom stereocenters. The molecule has 298 valence electrons. The number of nitrogens with zero attached hydrogens (tertiary/aromatic N) is 8. The van der Waals surface area contributed by atoms with E-state index in [0.717, 1.165) is 71.4 Å². The van der Waals surface area contributed by atoms with Gasteiger partial charge in [-0.2, -0.15) is 15.1 Å². The molecule has 9 rings (SSSR count). The van der Waals surface area contributed by atoms with Crippen molar-refractivity contribution < 1.29 is 28.2 Å². The Hall–Kier alpha value is -5.10. The molecule has 1 N–H and O–H groups in total. The van der Waals surface area contributed by atoms with Gasteiger partial charge in [0.05, 0.1) is 23.5 Å². The number of ether oxygens (including phenoxy) is 2.